The van der Waals surface area contributed by atoms with Crippen LogP contribution >= 0.6 is 0 Å². The number of hydrogen-bond acceptors (Lipinski definition) is 4. The van der Waals surface area contributed by atoms with Crippen LogP contribution in [0.1, 0.15) is 45.4 Å². The topological polar surface area (TPSA) is 89.3 Å². The first-order valence-electron chi connectivity index (χ1n) is 6.52. The van der Waals surface area contributed by atoms with E-state index < -0.39 is 15.4 Å². The van der Waals surface area contributed by atoms with Gasteiger partial charge in [-0.3, -0.25) is 4.79 Å². The van der Waals surface area contributed by atoms with Crippen molar-refractivity contribution in [3.63, 3.8) is 0 Å². The van der Waals surface area contributed by atoms with Gasteiger partial charge in [0, 0.05) is 12.0 Å². The van der Waals surface area contributed by atoms with E-state index in [0.29, 0.717) is 12.8 Å². The lowest BCUT2D eigenvalue weighted by Gasteiger charge is -2.28. The molecular formula is C12H22N2O3S. The molecule has 0 aromatic rings. The zero-order valence-electron chi connectivity index (χ0n) is 10.9. The molecule has 0 spiro atoms. The van der Waals surface area contributed by atoms with E-state index in [-0.39, 0.29) is 23.0 Å². The number of amides is 1. The van der Waals surface area contributed by atoms with Gasteiger partial charge in [0.05, 0.1) is 17.0 Å². The fraction of sp³-hybridized carbons (Fsp3) is 0.917. The Labute approximate surface area is 108 Å². The predicted molar refractivity (Wildman–Crippen MR) is 69.8 cm³/mol. The third kappa shape index (κ3) is 3.23. The van der Waals surface area contributed by atoms with Crippen molar-refractivity contribution in [3.8, 4) is 0 Å². The molecular weight excluding hydrogens is 252 g/mol. The zero-order chi connectivity index (χ0) is 13.4. The van der Waals surface area contributed by atoms with Crippen molar-refractivity contribution in [2.24, 2.45) is 5.73 Å². The largest absolute Gasteiger partial charge is 0.350 e. The van der Waals surface area contributed by atoms with Gasteiger partial charge in [-0.25, -0.2) is 8.42 Å². The fourth-order valence-corrected chi connectivity index (χ4v) is 5.16. The Hall–Kier alpha value is -0.620. The minimum Gasteiger partial charge on any atom is -0.350 e. The third-order valence-electron chi connectivity index (χ3n) is 4.06. The Morgan fingerprint density at radius 3 is 2.39 bits per heavy atom. The second-order valence-corrected chi connectivity index (χ2v) is 8.38. The molecule has 5 nitrogen and oxygen atoms in total. The number of carbonyl (C=O) groups is 1. The van der Waals surface area contributed by atoms with Gasteiger partial charge >= 0.3 is 0 Å². The Morgan fingerprint density at radius 2 is 1.89 bits per heavy atom. The van der Waals surface area contributed by atoms with Crippen LogP contribution in [0.3, 0.4) is 0 Å². The molecule has 1 atom stereocenters. The molecule has 3 N–H and O–H groups in total. The maximum atomic E-state index is 12.0. The average molecular weight is 274 g/mol. The monoisotopic (exact) mass is 274 g/mol. The number of carbonyl (C=O) groups excluding carboxylic acids is 1. The highest BCUT2D eigenvalue weighted by Crippen LogP contribution is 2.30. The molecule has 0 bridgehead atoms. The van der Waals surface area contributed by atoms with Crippen molar-refractivity contribution in [1.29, 1.82) is 0 Å². The Morgan fingerprint density at radius 1 is 1.28 bits per heavy atom. The van der Waals surface area contributed by atoms with E-state index in [1.165, 1.54) is 0 Å². The smallest absolute Gasteiger partial charge is 0.222 e. The molecule has 104 valence electrons. The minimum absolute atomic E-state index is 0.0450. The third-order valence-corrected chi connectivity index (χ3v) is 5.96. The summed E-state index contributed by atoms with van der Waals surface area (Å²) in [4.78, 5) is 12.0. The van der Waals surface area contributed by atoms with E-state index in [4.69, 9.17) is 5.73 Å². The second-order valence-electron chi connectivity index (χ2n) is 6.20. The standard InChI is InChI=1S/C12H22N2O3S/c1-11(6-7-18(16,17)9-11)14-10(15)8-12(13)4-2-3-5-12/h2-9,13H2,1H3,(H,14,15). The van der Waals surface area contributed by atoms with E-state index in [2.05, 4.69) is 5.32 Å². The van der Waals surface area contributed by atoms with E-state index >= 15 is 0 Å². The first kappa shape index (κ1) is 13.8. The molecule has 0 radical (unpaired) electrons. The summed E-state index contributed by atoms with van der Waals surface area (Å²) in [6, 6.07) is 0. The molecule has 0 aromatic carbocycles. The van der Waals surface area contributed by atoms with Crippen LogP contribution in [0.15, 0.2) is 0 Å². The van der Waals surface area contributed by atoms with Crippen LogP contribution in [0.25, 0.3) is 0 Å². The summed E-state index contributed by atoms with van der Waals surface area (Å²) in [6.45, 7) is 1.80. The van der Waals surface area contributed by atoms with Crippen molar-refractivity contribution in [1.82, 2.24) is 5.32 Å². The van der Waals surface area contributed by atoms with Crippen LogP contribution in [0.5, 0.6) is 0 Å². The highest BCUT2D eigenvalue weighted by Gasteiger charge is 2.40. The Bertz CT molecular complexity index is 440. The van der Waals surface area contributed by atoms with E-state index in [0.717, 1.165) is 25.7 Å². The van der Waals surface area contributed by atoms with Gasteiger partial charge in [0.15, 0.2) is 9.84 Å². The molecule has 1 unspecified atom stereocenters. The van der Waals surface area contributed by atoms with E-state index in [9.17, 15) is 13.2 Å². The lowest BCUT2D eigenvalue weighted by molar-refractivity contribution is -0.123. The molecule has 2 rings (SSSR count). The van der Waals surface area contributed by atoms with Crippen molar-refractivity contribution in [2.75, 3.05) is 11.5 Å². The van der Waals surface area contributed by atoms with Crippen molar-refractivity contribution in [2.45, 2.75) is 56.5 Å². The van der Waals surface area contributed by atoms with Crippen LogP contribution in [0, 0.1) is 0 Å². The van der Waals surface area contributed by atoms with Gasteiger partial charge in [-0.15, -0.1) is 0 Å². The Kier molecular flexibility index (Phi) is 3.44. The lowest BCUT2D eigenvalue weighted by Crippen LogP contribution is -2.50. The summed E-state index contributed by atoms with van der Waals surface area (Å²) < 4.78 is 22.9. The van der Waals surface area contributed by atoms with Gasteiger partial charge in [0.2, 0.25) is 5.91 Å². The maximum absolute atomic E-state index is 12.0. The van der Waals surface area contributed by atoms with Gasteiger partial charge in [-0.05, 0) is 26.2 Å². The first-order chi connectivity index (χ1) is 8.22. The molecule has 1 saturated heterocycles. The molecule has 1 aliphatic carbocycles. The summed E-state index contributed by atoms with van der Waals surface area (Å²) in [6.07, 6.45) is 4.73. The van der Waals surface area contributed by atoms with Gasteiger partial charge in [-0.1, -0.05) is 12.8 Å². The maximum Gasteiger partial charge on any atom is 0.222 e. The van der Waals surface area contributed by atoms with E-state index in [1.807, 2.05) is 0 Å². The first-order valence-corrected chi connectivity index (χ1v) is 8.35. The summed E-state index contributed by atoms with van der Waals surface area (Å²) in [5.41, 5.74) is 5.17. The number of nitrogens with one attached hydrogen (secondary N) is 1. The van der Waals surface area contributed by atoms with Crippen LogP contribution in [-0.4, -0.2) is 36.9 Å². The van der Waals surface area contributed by atoms with Crippen molar-refractivity contribution < 1.29 is 13.2 Å². The molecule has 18 heavy (non-hydrogen) atoms. The van der Waals surface area contributed by atoms with Crippen molar-refractivity contribution in [3.05, 3.63) is 0 Å². The fourth-order valence-electron chi connectivity index (χ4n) is 3.07. The number of rotatable bonds is 3. The highest BCUT2D eigenvalue weighted by molar-refractivity contribution is 7.91. The van der Waals surface area contributed by atoms with Gasteiger partial charge in [0.25, 0.3) is 0 Å². The number of sulfone groups is 1. The quantitative estimate of drug-likeness (QED) is 0.776. The van der Waals surface area contributed by atoms with Crippen LogP contribution < -0.4 is 11.1 Å². The summed E-state index contributed by atoms with van der Waals surface area (Å²) in [7, 11) is -2.99. The zero-order valence-corrected chi connectivity index (χ0v) is 11.7. The molecule has 0 aromatic heterocycles. The Balaban J connectivity index is 1.92. The molecule has 2 aliphatic rings. The molecule has 1 saturated carbocycles. The minimum atomic E-state index is -2.99. The van der Waals surface area contributed by atoms with Gasteiger partial charge < -0.3 is 11.1 Å². The van der Waals surface area contributed by atoms with Crippen LogP contribution in [0.2, 0.25) is 0 Å². The summed E-state index contributed by atoms with van der Waals surface area (Å²) in [5, 5.41) is 2.86. The predicted octanol–water partition coefficient (Wildman–Crippen LogP) is 0.341. The van der Waals surface area contributed by atoms with Gasteiger partial charge in [-0.2, -0.15) is 0 Å². The second kappa shape index (κ2) is 4.49. The summed E-state index contributed by atoms with van der Waals surface area (Å²) in [5.74, 6) is 0.0971. The summed E-state index contributed by atoms with van der Waals surface area (Å²) >= 11 is 0. The highest BCUT2D eigenvalue weighted by atomic mass is 32.2. The molecule has 6 heteroatoms. The van der Waals surface area contributed by atoms with E-state index in [1.54, 1.807) is 6.92 Å². The number of hydrogen-bond donors (Lipinski definition) is 2. The van der Waals surface area contributed by atoms with Crippen LogP contribution in [-0.2, 0) is 14.6 Å². The molecule has 2 fully saturated rings. The lowest BCUT2D eigenvalue weighted by atomic mass is 9.93. The SMILES string of the molecule is CC1(NC(=O)CC2(N)CCCC2)CCS(=O)(=O)C1. The molecule has 1 amide bonds. The number of nitrogens with two attached hydrogens (primary N) is 1. The normalized spacial score (nSPS) is 33.4. The van der Waals surface area contributed by atoms with Gasteiger partial charge in [0.1, 0.15) is 0 Å². The molecule has 1 heterocycles. The van der Waals surface area contributed by atoms with Crippen LogP contribution in [0.4, 0.5) is 0 Å². The average Bonchev–Trinajstić information content (AvgIpc) is 2.70. The molecule has 1 aliphatic heterocycles. The van der Waals surface area contributed by atoms with Crippen molar-refractivity contribution >= 4 is 15.7 Å².